The Bertz CT molecular complexity index is 647. The minimum atomic E-state index is 0.104. The summed E-state index contributed by atoms with van der Waals surface area (Å²) in [7, 11) is 0. The van der Waals surface area contributed by atoms with Gasteiger partial charge in [-0.2, -0.15) is 0 Å². The summed E-state index contributed by atoms with van der Waals surface area (Å²) in [5.74, 6) is 0.222. The van der Waals surface area contributed by atoms with Crippen molar-refractivity contribution in [3.05, 3.63) is 66.7 Å². The van der Waals surface area contributed by atoms with Crippen molar-refractivity contribution in [2.45, 2.75) is 19.3 Å². The Morgan fingerprint density at radius 2 is 1.55 bits per heavy atom. The van der Waals surface area contributed by atoms with Gasteiger partial charge in [-0.3, -0.25) is 4.79 Å². The van der Waals surface area contributed by atoms with Gasteiger partial charge in [0, 0.05) is 23.0 Å². The molecule has 0 aromatic heterocycles. The van der Waals surface area contributed by atoms with E-state index < -0.39 is 0 Å². The summed E-state index contributed by atoms with van der Waals surface area (Å²) in [6.45, 7) is 0. The number of benzene rings is 2. The summed E-state index contributed by atoms with van der Waals surface area (Å²) in [6.07, 6.45) is 7.03. The zero-order valence-corrected chi connectivity index (χ0v) is 12.5. The average molecular weight is 292 g/mol. The van der Waals surface area contributed by atoms with E-state index in [2.05, 4.69) is 22.8 Å². The predicted octanol–water partition coefficient (Wildman–Crippen LogP) is 4.73. The fraction of sp³-hybridized carbons (Fsp3) is 0.211. The van der Waals surface area contributed by atoms with E-state index in [1.807, 2.05) is 54.6 Å². The molecule has 3 nitrogen and oxygen atoms in total. The Kier molecular flexibility index (Phi) is 4.54. The molecule has 0 bridgehead atoms. The zero-order valence-electron chi connectivity index (χ0n) is 12.5. The molecular formula is C19H20N2O. The van der Waals surface area contributed by atoms with E-state index in [9.17, 15) is 4.79 Å². The Hall–Kier alpha value is -2.55. The van der Waals surface area contributed by atoms with Gasteiger partial charge in [0.2, 0.25) is 5.91 Å². The number of nitrogens with one attached hydrogen (secondary N) is 2. The van der Waals surface area contributed by atoms with Gasteiger partial charge in [-0.25, -0.2) is 0 Å². The maximum atomic E-state index is 12.2. The maximum absolute atomic E-state index is 12.2. The van der Waals surface area contributed by atoms with Crippen molar-refractivity contribution in [1.29, 1.82) is 0 Å². The highest BCUT2D eigenvalue weighted by molar-refractivity contribution is 5.92. The van der Waals surface area contributed by atoms with E-state index in [1.54, 1.807) is 0 Å². The van der Waals surface area contributed by atoms with Crippen LogP contribution in [0, 0.1) is 5.92 Å². The molecule has 2 N–H and O–H groups in total. The monoisotopic (exact) mass is 292 g/mol. The molecule has 1 atom stereocenters. The molecule has 0 saturated heterocycles. The molecule has 1 amide bonds. The number of carbonyl (C=O) groups excluding carboxylic acids is 1. The molecule has 0 radical (unpaired) electrons. The second-order valence-corrected chi connectivity index (χ2v) is 5.54. The molecule has 2 aromatic rings. The van der Waals surface area contributed by atoms with Crippen LogP contribution in [0.3, 0.4) is 0 Å². The van der Waals surface area contributed by atoms with Crippen molar-refractivity contribution in [2.24, 2.45) is 5.92 Å². The standard InChI is InChI=1S/C19H20N2O/c22-19(15-7-3-1-4-8-15)21-18-13-11-17(12-14-18)20-16-9-5-2-6-10-16/h1-3,5-6,9-15,20H,4,7-8H2,(H,21,22)/t15-/m0/s1. The van der Waals surface area contributed by atoms with Crippen LogP contribution in [0.15, 0.2) is 66.7 Å². The van der Waals surface area contributed by atoms with Gasteiger partial charge >= 0.3 is 0 Å². The van der Waals surface area contributed by atoms with Crippen LogP contribution in [0.25, 0.3) is 0 Å². The lowest BCUT2D eigenvalue weighted by atomic mass is 9.93. The summed E-state index contributed by atoms with van der Waals surface area (Å²) in [5.41, 5.74) is 2.90. The molecule has 0 spiro atoms. The molecule has 0 unspecified atom stereocenters. The van der Waals surface area contributed by atoms with Crippen LogP contribution in [0.1, 0.15) is 19.3 Å². The Morgan fingerprint density at radius 3 is 2.23 bits per heavy atom. The molecule has 0 aliphatic heterocycles. The molecule has 1 aliphatic carbocycles. The second kappa shape index (κ2) is 6.94. The lowest BCUT2D eigenvalue weighted by Crippen LogP contribution is -2.23. The van der Waals surface area contributed by atoms with Gasteiger partial charge in [-0.05, 0) is 55.7 Å². The van der Waals surface area contributed by atoms with E-state index in [-0.39, 0.29) is 11.8 Å². The number of anilines is 3. The van der Waals surface area contributed by atoms with Gasteiger partial charge in [-0.1, -0.05) is 30.4 Å². The molecule has 0 fully saturated rings. The number of hydrogen-bond donors (Lipinski definition) is 2. The molecule has 0 heterocycles. The van der Waals surface area contributed by atoms with E-state index in [4.69, 9.17) is 0 Å². The molecule has 1 aliphatic rings. The summed E-state index contributed by atoms with van der Waals surface area (Å²) in [4.78, 5) is 12.2. The van der Waals surface area contributed by atoms with Crippen LogP contribution in [0.5, 0.6) is 0 Å². The predicted molar refractivity (Wildman–Crippen MR) is 91.3 cm³/mol. The van der Waals surface area contributed by atoms with E-state index >= 15 is 0 Å². The summed E-state index contributed by atoms with van der Waals surface area (Å²) in [5, 5.41) is 6.33. The first-order valence-electron chi connectivity index (χ1n) is 7.69. The lowest BCUT2D eigenvalue weighted by molar-refractivity contribution is -0.120. The molecular weight excluding hydrogens is 272 g/mol. The van der Waals surface area contributed by atoms with Crippen LogP contribution >= 0.6 is 0 Å². The summed E-state index contributed by atoms with van der Waals surface area (Å²) >= 11 is 0. The van der Waals surface area contributed by atoms with Gasteiger partial charge in [0.1, 0.15) is 0 Å². The summed E-state index contributed by atoms with van der Waals surface area (Å²) in [6, 6.07) is 17.8. The first kappa shape index (κ1) is 14.4. The van der Waals surface area contributed by atoms with Crippen LogP contribution in [-0.4, -0.2) is 5.91 Å². The molecule has 2 aromatic carbocycles. The van der Waals surface area contributed by atoms with Crippen LogP contribution in [-0.2, 0) is 4.79 Å². The largest absolute Gasteiger partial charge is 0.356 e. The third kappa shape index (κ3) is 3.76. The normalized spacial score (nSPS) is 17.0. The van der Waals surface area contributed by atoms with Crippen molar-refractivity contribution in [3.8, 4) is 0 Å². The highest BCUT2D eigenvalue weighted by atomic mass is 16.1. The van der Waals surface area contributed by atoms with Gasteiger partial charge in [0.25, 0.3) is 0 Å². The van der Waals surface area contributed by atoms with Crippen molar-refractivity contribution >= 4 is 23.0 Å². The van der Waals surface area contributed by atoms with E-state index in [0.29, 0.717) is 0 Å². The molecule has 22 heavy (non-hydrogen) atoms. The number of rotatable bonds is 4. The van der Waals surface area contributed by atoms with Crippen LogP contribution in [0.4, 0.5) is 17.1 Å². The maximum Gasteiger partial charge on any atom is 0.227 e. The third-order valence-electron chi connectivity index (χ3n) is 3.85. The third-order valence-corrected chi connectivity index (χ3v) is 3.85. The van der Waals surface area contributed by atoms with Crippen molar-refractivity contribution in [1.82, 2.24) is 0 Å². The van der Waals surface area contributed by atoms with E-state index in [0.717, 1.165) is 36.3 Å². The van der Waals surface area contributed by atoms with Crippen LogP contribution < -0.4 is 10.6 Å². The fourth-order valence-corrected chi connectivity index (χ4v) is 2.60. The smallest absolute Gasteiger partial charge is 0.227 e. The number of amides is 1. The topological polar surface area (TPSA) is 41.1 Å². The van der Waals surface area contributed by atoms with Gasteiger partial charge in [0.15, 0.2) is 0 Å². The first-order chi connectivity index (χ1) is 10.8. The Balaban J connectivity index is 1.59. The average Bonchev–Trinajstić information content (AvgIpc) is 2.58. The zero-order chi connectivity index (χ0) is 15.2. The van der Waals surface area contributed by atoms with Gasteiger partial charge < -0.3 is 10.6 Å². The molecule has 112 valence electrons. The van der Waals surface area contributed by atoms with Crippen LogP contribution in [0.2, 0.25) is 0 Å². The van der Waals surface area contributed by atoms with Crippen molar-refractivity contribution in [3.63, 3.8) is 0 Å². The van der Waals surface area contributed by atoms with Gasteiger partial charge in [-0.15, -0.1) is 0 Å². The minimum Gasteiger partial charge on any atom is -0.356 e. The Morgan fingerprint density at radius 1 is 0.864 bits per heavy atom. The lowest BCUT2D eigenvalue weighted by Gasteiger charge is -2.17. The molecule has 3 heteroatoms. The SMILES string of the molecule is O=C(Nc1ccc(Nc2ccccc2)cc1)[C@H]1CC=CCC1. The van der Waals surface area contributed by atoms with Crippen molar-refractivity contribution in [2.75, 3.05) is 10.6 Å². The van der Waals surface area contributed by atoms with E-state index in [1.165, 1.54) is 0 Å². The molecule has 3 rings (SSSR count). The number of hydrogen-bond acceptors (Lipinski definition) is 2. The quantitative estimate of drug-likeness (QED) is 0.800. The summed E-state index contributed by atoms with van der Waals surface area (Å²) < 4.78 is 0. The number of carbonyl (C=O) groups is 1. The number of para-hydroxylation sites is 1. The highest BCUT2D eigenvalue weighted by Crippen LogP contribution is 2.22. The first-order valence-corrected chi connectivity index (χ1v) is 7.69. The Labute approximate surface area is 131 Å². The molecule has 0 saturated carbocycles. The number of allylic oxidation sites excluding steroid dienone is 2. The minimum absolute atomic E-state index is 0.104. The van der Waals surface area contributed by atoms with Crippen molar-refractivity contribution < 1.29 is 4.79 Å². The highest BCUT2D eigenvalue weighted by Gasteiger charge is 2.18. The second-order valence-electron chi connectivity index (χ2n) is 5.54. The van der Waals surface area contributed by atoms with Gasteiger partial charge in [0.05, 0.1) is 0 Å². The fourth-order valence-electron chi connectivity index (χ4n) is 2.60.